The zero-order valence-electron chi connectivity index (χ0n) is 10.9. The van der Waals surface area contributed by atoms with Gasteiger partial charge in [-0.1, -0.05) is 6.92 Å². The Hall–Kier alpha value is -1.40. The van der Waals surface area contributed by atoms with E-state index in [1.807, 2.05) is 0 Å². The third-order valence-electron chi connectivity index (χ3n) is 2.54. The van der Waals surface area contributed by atoms with Gasteiger partial charge in [-0.2, -0.15) is 26.3 Å². The van der Waals surface area contributed by atoms with Crippen molar-refractivity contribution in [2.24, 2.45) is 0 Å². The molecule has 0 aliphatic carbocycles. The monoisotopic (exact) mass is 297 g/mol. The molecule has 0 aliphatic rings. The summed E-state index contributed by atoms with van der Waals surface area (Å²) in [4.78, 5) is 12.4. The van der Waals surface area contributed by atoms with Crippen molar-refractivity contribution in [1.29, 1.82) is 0 Å². The minimum absolute atomic E-state index is 0.193. The third kappa shape index (κ3) is 4.04. The summed E-state index contributed by atoms with van der Waals surface area (Å²) in [5, 5.41) is 10.7. The lowest BCUT2D eigenvalue weighted by Gasteiger charge is -2.07. The molecule has 0 radical (unpaired) electrons. The molecule has 0 unspecified atom stereocenters. The van der Waals surface area contributed by atoms with Gasteiger partial charge in [-0.3, -0.25) is 0 Å². The molecule has 0 atom stereocenters. The number of halogens is 1. The Morgan fingerprint density at radius 1 is 1.16 bits per heavy atom. The molecule has 2 aromatic rings. The van der Waals surface area contributed by atoms with Gasteiger partial charge in [0.05, 0.1) is 0 Å². The Morgan fingerprint density at radius 3 is 2.53 bits per heavy atom. The normalized spacial score (nSPS) is 10.5. The highest BCUT2D eigenvalue weighted by molar-refractivity contribution is 7.08. The predicted molar refractivity (Wildman–Crippen MR) is 80.0 cm³/mol. The zero-order chi connectivity index (χ0) is 13.7. The Kier molecular flexibility index (Phi) is 4.93. The molecule has 0 fully saturated rings. The number of anilines is 2. The summed E-state index contributed by atoms with van der Waals surface area (Å²) in [5.41, 5.74) is 2.51. The second-order valence-electron chi connectivity index (χ2n) is 4.11. The van der Waals surface area contributed by atoms with Crippen LogP contribution in [0.1, 0.15) is 24.5 Å². The van der Waals surface area contributed by atoms with E-state index in [2.05, 4.69) is 50.2 Å². The van der Waals surface area contributed by atoms with Crippen molar-refractivity contribution in [3.8, 4) is 0 Å². The number of thiophene rings is 1. The summed E-state index contributed by atoms with van der Waals surface area (Å²) < 4.78 is 0. The Balaban J connectivity index is 2.03. The molecule has 0 saturated heterocycles. The fourth-order valence-corrected chi connectivity index (χ4v) is 2.50. The minimum atomic E-state index is 0.193. The highest BCUT2D eigenvalue weighted by atomic mass is 35.5. The van der Waals surface area contributed by atoms with Gasteiger partial charge in [-0.05, 0) is 46.8 Å². The molecular weight excluding hydrogens is 282 g/mol. The van der Waals surface area contributed by atoms with E-state index in [4.69, 9.17) is 11.6 Å². The molecule has 0 aliphatic heterocycles. The fourth-order valence-electron chi connectivity index (χ4n) is 1.49. The van der Waals surface area contributed by atoms with Crippen LogP contribution in [0.15, 0.2) is 10.8 Å². The summed E-state index contributed by atoms with van der Waals surface area (Å²) >= 11 is 7.57. The number of hydrogen-bond donors (Lipinski definition) is 2. The number of nitrogens with zero attached hydrogens (tertiary/aromatic N) is 3. The van der Waals surface area contributed by atoms with Crippen molar-refractivity contribution < 1.29 is 0 Å². The van der Waals surface area contributed by atoms with E-state index < -0.39 is 0 Å². The minimum Gasteiger partial charge on any atom is -0.354 e. The van der Waals surface area contributed by atoms with Crippen LogP contribution >= 0.6 is 22.9 Å². The number of nitrogens with one attached hydrogen (secondary N) is 2. The second kappa shape index (κ2) is 6.68. The Morgan fingerprint density at radius 2 is 1.89 bits per heavy atom. The lowest BCUT2D eigenvalue weighted by atomic mass is 10.2. The summed E-state index contributed by atoms with van der Waals surface area (Å²) in [6, 6.07) is 0. The van der Waals surface area contributed by atoms with Crippen molar-refractivity contribution in [2.75, 3.05) is 17.2 Å². The number of aromatic nitrogens is 3. The number of aryl methyl sites for hydroxylation is 1. The Bertz CT molecular complexity index is 543. The highest BCUT2D eigenvalue weighted by Gasteiger charge is 2.05. The molecule has 0 saturated carbocycles. The first-order chi connectivity index (χ1) is 9.19. The van der Waals surface area contributed by atoms with Crippen LogP contribution in [0.3, 0.4) is 0 Å². The predicted octanol–water partition coefficient (Wildman–Crippen LogP) is 3.33. The SMILES string of the molecule is CCCNc1nc(Cl)nc(NCc2cscc2C)n1. The standard InChI is InChI=1S/C12H16ClN5S/c1-3-4-14-11-16-10(13)17-12(18-11)15-5-9-7-19-6-8(9)2/h6-7H,3-5H2,1-2H3,(H2,14,15,16,17,18). The number of rotatable bonds is 6. The zero-order valence-corrected chi connectivity index (χ0v) is 12.5. The average Bonchev–Trinajstić information content (AvgIpc) is 2.79. The van der Waals surface area contributed by atoms with Gasteiger partial charge in [-0.25, -0.2) is 0 Å². The van der Waals surface area contributed by atoms with Crippen LogP contribution in [-0.4, -0.2) is 21.5 Å². The molecule has 0 bridgehead atoms. The first-order valence-electron chi connectivity index (χ1n) is 6.10. The summed E-state index contributed by atoms with van der Waals surface area (Å²) in [7, 11) is 0. The molecule has 7 heteroatoms. The van der Waals surface area contributed by atoms with Gasteiger partial charge in [0.1, 0.15) is 0 Å². The van der Waals surface area contributed by atoms with Crippen LogP contribution in [0.4, 0.5) is 11.9 Å². The van der Waals surface area contributed by atoms with E-state index in [9.17, 15) is 0 Å². The van der Waals surface area contributed by atoms with Crippen molar-refractivity contribution in [1.82, 2.24) is 15.0 Å². The van der Waals surface area contributed by atoms with Crippen molar-refractivity contribution in [3.63, 3.8) is 0 Å². The van der Waals surface area contributed by atoms with Crippen LogP contribution < -0.4 is 10.6 Å². The molecule has 2 rings (SSSR count). The molecule has 0 aromatic carbocycles. The van der Waals surface area contributed by atoms with E-state index in [0.717, 1.165) is 13.0 Å². The molecule has 2 heterocycles. The Labute approximate surface area is 121 Å². The van der Waals surface area contributed by atoms with Crippen molar-refractivity contribution >= 4 is 34.8 Å². The fraction of sp³-hybridized carbons (Fsp3) is 0.417. The van der Waals surface area contributed by atoms with E-state index in [1.54, 1.807) is 11.3 Å². The van der Waals surface area contributed by atoms with Crippen LogP contribution in [-0.2, 0) is 6.54 Å². The first kappa shape index (κ1) is 14.0. The highest BCUT2D eigenvalue weighted by Crippen LogP contribution is 2.16. The van der Waals surface area contributed by atoms with E-state index in [1.165, 1.54) is 11.1 Å². The molecule has 2 aromatic heterocycles. The van der Waals surface area contributed by atoms with Gasteiger partial charge in [0.25, 0.3) is 0 Å². The van der Waals surface area contributed by atoms with Gasteiger partial charge < -0.3 is 10.6 Å². The summed E-state index contributed by atoms with van der Waals surface area (Å²) in [6.45, 7) is 5.66. The molecular formula is C12H16ClN5S. The maximum absolute atomic E-state index is 5.88. The lowest BCUT2D eigenvalue weighted by Crippen LogP contribution is -2.09. The van der Waals surface area contributed by atoms with Crippen LogP contribution in [0, 0.1) is 6.92 Å². The molecule has 0 spiro atoms. The van der Waals surface area contributed by atoms with Crippen LogP contribution in [0.2, 0.25) is 5.28 Å². The molecule has 5 nitrogen and oxygen atoms in total. The van der Waals surface area contributed by atoms with Crippen LogP contribution in [0.5, 0.6) is 0 Å². The van der Waals surface area contributed by atoms with Crippen molar-refractivity contribution in [3.05, 3.63) is 27.2 Å². The van der Waals surface area contributed by atoms with E-state index in [0.29, 0.717) is 18.4 Å². The maximum Gasteiger partial charge on any atom is 0.229 e. The lowest BCUT2D eigenvalue weighted by molar-refractivity contribution is 0.932. The van der Waals surface area contributed by atoms with Gasteiger partial charge in [0.2, 0.25) is 17.2 Å². The van der Waals surface area contributed by atoms with Gasteiger partial charge >= 0.3 is 0 Å². The molecule has 0 amide bonds. The molecule has 102 valence electrons. The third-order valence-corrected chi connectivity index (χ3v) is 3.62. The quantitative estimate of drug-likeness (QED) is 0.856. The van der Waals surface area contributed by atoms with Crippen molar-refractivity contribution in [2.45, 2.75) is 26.8 Å². The van der Waals surface area contributed by atoms with Gasteiger partial charge in [0.15, 0.2) is 0 Å². The van der Waals surface area contributed by atoms with Gasteiger partial charge in [0, 0.05) is 13.1 Å². The van der Waals surface area contributed by atoms with E-state index in [-0.39, 0.29) is 5.28 Å². The molecule has 2 N–H and O–H groups in total. The topological polar surface area (TPSA) is 62.7 Å². The van der Waals surface area contributed by atoms with Crippen LogP contribution in [0.25, 0.3) is 0 Å². The number of hydrogen-bond acceptors (Lipinski definition) is 6. The first-order valence-corrected chi connectivity index (χ1v) is 7.42. The average molecular weight is 298 g/mol. The molecule has 19 heavy (non-hydrogen) atoms. The summed E-state index contributed by atoms with van der Waals surface area (Å²) in [5.74, 6) is 0.996. The van der Waals surface area contributed by atoms with E-state index >= 15 is 0 Å². The smallest absolute Gasteiger partial charge is 0.229 e. The summed E-state index contributed by atoms with van der Waals surface area (Å²) in [6.07, 6.45) is 1.00. The maximum atomic E-state index is 5.88. The van der Waals surface area contributed by atoms with Gasteiger partial charge in [-0.15, -0.1) is 0 Å². The second-order valence-corrected chi connectivity index (χ2v) is 5.19. The largest absolute Gasteiger partial charge is 0.354 e.